The largest absolute Gasteiger partial charge is 0.361 e. The van der Waals surface area contributed by atoms with Gasteiger partial charge in [0.15, 0.2) is 5.60 Å². The van der Waals surface area contributed by atoms with E-state index in [0.717, 1.165) is 16.3 Å². The summed E-state index contributed by atoms with van der Waals surface area (Å²) in [5.41, 5.74) is 0.949. The number of carbonyl (C=O) groups excluding carboxylic acids is 2. The predicted octanol–water partition coefficient (Wildman–Crippen LogP) is 2.28. The van der Waals surface area contributed by atoms with E-state index in [0.29, 0.717) is 31.9 Å². The lowest BCUT2D eigenvalue weighted by Gasteiger charge is -2.42. The highest BCUT2D eigenvalue weighted by Gasteiger charge is 2.58. The predicted molar refractivity (Wildman–Crippen MR) is 118 cm³/mol. The third-order valence-electron chi connectivity index (χ3n) is 6.05. The van der Waals surface area contributed by atoms with Gasteiger partial charge in [0.25, 0.3) is 11.8 Å². The Morgan fingerprint density at radius 3 is 2.91 bits per heavy atom. The van der Waals surface area contributed by atoms with Gasteiger partial charge < -0.3 is 14.5 Å². The Hall–Kier alpha value is -3.17. The fraction of sp³-hybridized carbons (Fsp3) is 0.348. The van der Waals surface area contributed by atoms with Crippen molar-refractivity contribution in [1.29, 1.82) is 0 Å². The molecule has 2 amide bonds. The van der Waals surface area contributed by atoms with Gasteiger partial charge in [-0.1, -0.05) is 12.1 Å². The molecule has 0 N–H and O–H groups in total. The van der Waals surface area contributed by atoms with Crippen LogP contribution in [-0.2, 0) is 16.1 Å². The molecule has 2 aliphatic heterocycles. The Kier molecular flexibility index (Phi) is 5.44. The number of morpholine rings is 1. The van der Waals surface area contributed by atoms with Crippen LogP contribution in [0.25, 0.3) is 0 Å². The summed E-state index contributed by atoms with van der Waals surface area (Å²) in [6.45, 7) is 3.70. The molecule has 0 saturated carbocycles. The molecule has 5 heterocycles. The van der Waals surface area contributed by atoms with E-state index in [2.05, 4.69) is 15.0 Å². The smallest absolute Gasteiger partial charge is 0.273 e. The third kappa shape index (κ3) is 3.67. The van der Waals surface area contributed by atoms with Gasteiger partial charge in [0.05, 0.1) is 30.4 Å². The molecule has 2 fully saturated rings. The van der Waals surface area contributed by atoms with Crippen LogP contribution < -0.4 is 0 Å². The van der Waals surface area contributed by atoms with Crippen LogP contribution in [0.2, 0.25) is 0 Å². The molecule has 164 valence electrons. The number of pyridine rings is 2. The van der Waals surface area contributed by atoms with Crippen LogP contribution >= 0.6 is 11.3 Å². The Morgan fingerprint density at radius 2 is 2.19 bits per heavy atom. The highest BCUT2D eigenvalue weighted by molar-refractivity contribution is 7.09. The van der Waals surface area contributed by atoms with Crippen molar-refractivity contribution in [2.24, 2.45) is 0 Å². The number of aromatic nitrogens is 3. The van der Waals surface area contributed by atoms with Crippen molar-refractivity contribution in [2.45, 2.75) is 25.0 Å². The van der Waals surface area contributed by atoms with E-state index in [-0.39, 0.29) is 24.3 Å². The summed E-state index contributed by atoms with van der Waals surface area (Å²) in [6, 6.07) is 9.45. The highest BCUT2D eigenvalue weighted by Crippen LogP contribution is 2.42. The maximum Gasteiger partial charge on any atom is 0.273 e. The topological polar surface area (TPSA) is 88.5 Å². The van der Waals surface area contributed by atoms with Gasteiger partial charge >= 0.3 is 0 Å². The normalized spacial score (nSPS) is 23.2. The summed E-state index contributed by atoms with van der Waals surface area (Å²) in [4.78, 5) is 43.5. The first-order valence-electron chi connectivity index (χ1n) is 10.5. The quantitative estimate of drug-likeness (QED) is 0.607. The van der Waals surface area contributed by atoms with Crippen molar-refractivity contribution in [2.75, 3.05) is 26.2 Å². The maximum absolute atomic E-state index is 13.8. The summed E-state index contributed by atoms with van der Waals surface area (Å²) >= 11 is 1.44. The molecule has 9 heteroatoms. The highest BCUT2D eigenvalue weighted by atomic mass is 32.1. The molecule has 3 aromatic heterocycles. The third-order valence-corrected chi connectivity index (χ3v) is 6.83. The molecule has 0 bridgehead atoms. The SMILES string of the molecule is Cc1nc(C(=O)N2C[C@H](c3cccnc3)[C@]3(C2)OCCN(Cc2ccccn2)C3=O)cs1. The van der Waals surface area contributed by atoms with Crippen molar-refractivity contribution >= 4 is 23.2 Å². The Morgan fingerprint density at radius 1 is 1.28 bits per heavy atom. The van der Waals surface area contributed by atoms with Gasteiger partial charge in [-0.15, -0.1) is 11.3 Å². The molecule has 2 saturated heterocycles. The Balaban J connectivity index is 1.48. The van der Waals surface area contributed by atoms with Crippen LogP contribution in [0.3, 0.4) is 0 Å². The number of hydrogen-bond donors (Lipinski definition) is 0. The number of amides is 2. The fourth-order valence-electron chi connectivity index (χ4n) is 4.53. The van der Waals surface area contributed by atoms with Gasteiger partial charge in [0.1, 0.15) is 5.69 Å². The molecule has 0 aliphatic carbocycles. The molecule has 0 radical (unpaired) electrons. The number of carbonyl (C=O) groups is 2. The first-order valence-corrected chi connectivity index (χ1v) is 11.4. The van der Waals surface area contributed by atoms with Crippen LogP contribution in [0.4, 0.5) is 0 Å². The van der Waals surface area contributed by atoms with E-state index in [1.54, 1.807) is 33.8 Å². The standard InChI is InChI=1S/C23H23N5O3S/c1-16-26-20(14-32-16)21(29)28-13-19(17-5-4-7-24-11-17)23(15-28)22(30)27(9-10-31-23)12-18-6-2-3-8-25-18/h2-8,11,14,19H,9-10,12-13,15H2,1H3/t19-,23+/m1/s1. The van der Waals surface area contributed by atoms with E-state index >= 15 is 0 Å². The summed E-state index contributed by atoms with van der Waals surface area (Å²) in [7, 11) is 0. The summed E-state index contributed by atoms with van der Waals surface area (Å²) < 4.78 is 6.24. The molecule has 5 rings (SSSR count). The molecule has 2 aliphatic rings. The number of thiazole rings is 1. The second-order valence-corrected chi connectivity index (χ2v) is 9.12. The van der Waals surface area contributed by atoms with Crippen molar-refractivity contribution < 1.29 is 14.3 Å². The number of hydrogen-bond acceptors (Lipinski definition) is 7. The summed E-state index contributed by atoms with van der Waals surface area (Å²) in [5, 5.41) is 2.59. The minimum absolute atomic E-state index is 0.118. The van der Waals surface area contributed by atoms with Gasteiger partial charge in [-0.2, -0.15) is 0 Å². The van der Waals surface area contributed by atoms with Crippen LogP contribution in [0.5, 0.6) is 0 Å². The Labute approximate surface area is 189 Å². The van der Waals surface area contributed by atoms with Crippen LogP contribution in [-0.4, -0.2) is 68.4 Å². The summed E-state index contributed by atoms with van der Waals surface area (Å²) in [5.74, 6) is -0.620. The molecule has 3 aromatic rings. The van der Waals surface area contributed by atoms with Gasteiger partial charge in [0, 0.05) is 43.0 Å². The van der Waals surface area contributed by atoms with Crippen molar-refractivity contribution in [1.82, 2.24) is 24.8 Å². The second-order valence-electron chi connectivity index (χ2n) is 8.06. The molecule has 0 unspecified atom stereocenters. The van der Waals surface area contributed by atoms with E-state index in [1.165, 1.54) is 11.3 Å². The zero-order chi connectivity index (χ0) is 22.1. The number of rotatable bonds is 4. The van der Waals surface area contributed by atoms with E-state index < -0.39 is 5.60 Å². The molecule has 32 heavy (non-hydrogen) atoms. The average Bonchev–Trinajstić information content (AvgIpc) is 3.42. The fourth-order valence-corrected chi connectivity index (χ4v) is 5.12. The number of likely N-dealkylation sites (tertiary alicyclic amines) is 1. The van der Waals surface area contributed by atoms with Crippen molar-refractivity contribution in [3.63, 3.8) is 0 Å². The lowest BCUT2D eigenvalue weighted by molar-refractivity contribution is -0.172. The van der Waals surface area contributed by atoms with Gasteiger partial charge in [-0.05, 0) is 30.7 Å². The lowest BCUT2D eigenvalue weighted by Crippen LogP contribution is -2.60. The van der Waals surface area contributed by atoms with Gasteiger partial charge in [-0.3, -0.25) is 19.6 Å². The first-order chi connectivity index (χ1) is 15.6. The minimum Gasteiger partial charge on any atom is -0.361 e. The van der Waals surface area contributed by atoms with Gasteiger partial charge in [-0.25, -0.2) is 4.98 Å². The zero-order valence-electron chi connectivity index (χ0n) is 17.7. The molecule has 8 nitrogen and oxygen atoms in total. The number of ether oxygens (including phenoxy) is 1. The summed E-state index contributed by atoms with van der Waals surface area (Å²) in [6.07, 6.45) is 5.17. The Bertz CT molecular complexity index is 1120. The van der Waals surface area contributed by atoms with Crippen molar-refractivity contribution in [3.05, 3.63) is 76.3 Å². The minimum atomic E-state index is -1.16. The van der Waals surface area contributed by atoms with Crippen LogP contribution in [0.15, 0.2) is 54.3 Å². The second kappa shape index (κ2) is 8.40. The molecular weight excluding hydrogens is 426 g/mol. The first kappa shape index (κ1) is 20.7. The molecule has 1 spiro atoms. The molecular formula is C23H23N5O3S. The van der Waals surface area contributed by atoms with Gasteiger partial charge in [0.2, 0.25) is 0 Å². The monoisotopic (exact) mass is 449 g/mol. The maximum atomic E-state index is 13.8. The number of aryl methyl sites for hydroxylation is 1. The molecule has 2 atom stereocenters. The van der Waals surface area contributed by atoms with E-state index in [1.807, 2.05) is 37.3 Å². The van der Waals surface area contributed by atoms with E-state index in [4.69, 9.17) is 4.74 Å². The number of nitrogens with zero attached hydrogens (tertiary/aromatic N) is 5. The van der Waals surface area contributed by atoms with E-state index in [9.17, 15) is 9.59 Å². The molecule has 0 aromatic carbocycles. The van der Waals surface area contributed by atoms with Crippen LogP contribution in [0.1, 0.15) is 32.7 Å². The average molecular weight is 450 g/mol. The zero-order valence-corrected chi connectivity index (χ0v) is 18.5. The van der Waals surface area contributed by atoms with Crippen molar-refractivity contribution in [3.8, 4) is 0 Å². The lowest BCUT2D eigenvalue weighted by atomic mass is 9.83. The van der Waals surface area contributed by atoms with Crippen LogP contribution in [0, 0.1) is 6.92 Å².